The van der Waals surface area contributed by atoms with Gasteiger partial charge in [0.2, 0.25) is 11.6 Å². The fourth-order valence-electron chi connectivity index (χ4n) is 7.45. The Morgan fingerprint density at radius 1 is 0.975 bits per heavy atom. The van der Waals surface area contributed by atoms with Crippen molar-refractivity contribution in [1.82, 2.24) is 4.90 Å². The summed E-state index contributed by atoms with van der Waals surface area (Å²) in [5.41, 5.74) is -2.29. The zero-order valence-corrected chi connectivity index (χ0v) is 22.6. The topological polar surface area (TPSA) is 57.6 Å². The fraction of sp³-hybridized carbons (Fsp3) is 0.548. The molecule has 1 heterocycles. The van der Waals surface area contributed by atoms with Crippen LogP contribution < -0.4 is 0 Å². The highest BCUT2D eigenvalue weighted by atomic mass is 19.4. The SMILES string of the molecule is C[C@H]1CN(C(=O)[C@H]2CC[C@H](C(=O)O)CC2)C2CCc3cc(C(C)(F)C(F)(F)F)ccc3C21Cc1ccc(F)cc1. The Hall–Kier alpha value is -2.97. The van der Waals surface area contributed by atoms with E-state index in [0.29, 0.717) is 64.0 Å². The molecule has 40 heavy (non-hydrogen) atoms. The smallest absolute Gasteiger partial charge is 0.426 e. The Bertz CT molecular complexity index is 1280. The number of carbonyl (C=O) groups is 2. The maximum absolute atomic E-state index is 14.9. The van der Waals surface area contributed by atoms with Crippen molar-refractivity contribution in [3.8, 4) is 0 Å². The molecule has 1 saturated heterocycles. The van der Waals surface area contributed by atoms with Crippen LogP contribution >= 0.6 is 0 Å². The van der Waals surface area contributed by atoms with Crippen molar-refractivity contribution in [3.63, 3.8) is 0 Å². The molecule has 9 heteroatoms. The number of likely N-dealkylation sites (tertiary alicyclic amines) is 1. The van der Waals surface area contributed by atoms with Crippen LogP contribution in [0.5, 0.6) is 0 Å². The molecular formula is C31H34F5NO3. The first-order valence-electron chi connectivity index (χ1n) is 13.9. The molecule has 2 aliphatic carbocycles. The summed E-state index contributed by atoms with van der Waals surface area (Å²) < 4.78 is 69.2. The van der Waals surface area contributed by atoms with Crippen LogP contribution in [-0.4, -0.2) is 40.6 Å². The molecule has 4 atom stereocenters. The molecule has 5 rings (SSSR count). The molecule has 3 aliphatic rings. The Morgan fingerprint density at radius 2 is 1.60 bits per heavy atom. The van der Waals surface area contributed by atoms with Gasteiger partial charge in [-0.15, -0.1) is 0 Å². The number of alkyl halides is 4. The van der Waals surface area contributed by atoms with Crippen LogP contribution in [0.4, 0.5) is 22.0 Å². The molecule has 1 aliphatic heterocycles. The lowest BCUT2D eigenvalue weighted by Gasteiger charge is -2.46. The Kier molecular flexibility index (Phi) is 7.24. The normalized spacial score (nSPS) is 29.8. The molecule has 0 radical (unpaired) electrons. The molecule has 4 nitrogen and oxygen atoms in total. The molecule has 0 spiro atoms. The number of aryl methyl sites for hydroxylation is 1. The van der Waals surface area contributed by atoms with Crippen LogP contribution in [0.15, 0.2) is 42.5 Å². The van der Waals surface area contributed by atoms with Gasteiger partial charge in [0.15, 0.2) is 0 Å². The lowest BCUT2D eigenvalue weighted by Crippen LogP contribution is -2.52. The Morgan fingerprint density at radius 3 is 2.20 bits per heavy atom. The van der Waals surface area contributed by atoms with Gasteiger partial charge in [0.1, 0.15) is 5.82 Å². The van der Waals surface area contributed by atoms with E-state index in [-0.39, 0.29) is 29.6 Å². The van der Waals surface area contributed by atoms with Gasteiger partial charge in [0, 0.05) is 23.9 Å². The number of aliphatic carboxylic acids is 1. The summed E-state index contributed by atoms with van der Waals surface area (Å²) in [7, 11) is 0. The third-order valence-electron chi connectivity index (χ3n) is 9.81. The number of carboxylic acids is 1. The van der Waals surface area contributed by atoms with E-state index in [0.717, 1.165) is 11.1 Å². The summed E-state index contributed by atoms with van der Waals surface area (Å²) in [4.78, 5) is 27.2. The molecule has 3 unspecified atom stereocenters. The third-order valence-corrected chi connectivity index (χ3v) is 9.81. The van der Waals surface area contributed by atoms with Gasteiger partial charge in [-0.2, -0.15) is 13.2 Å². The van der Waals surface area contributed by atoms with E-state index in [9.17, 15) is 36.6 Å². The first kappa shape index (κ1) is 28.6. The molecule has 0 aromatic heterocycles. The van der Waals surface area contributed by atoms with Crippen molar-refractivity contribution in [2.24, 2.45) is 17.8 Å². The van der Waals surface area contributed by atoms with E-state index in [1.807, 2.05) is 11.8 Å². The highest BCUT2D eigenvalue weighted by Crippen LogP contribution is 2.54. The number of amides is 1. The van der Waals surface area contributed by atoms with Gasteiger partial charge in [0.25, 0.3) is 0 Å². The molecule has 1 saturated carbocycles. The monoisotopic (exact) mass is 563 g/mol. The highest BCUT2D eigenvalue weighted by Gasteiger charge is 2.58. The van der Waals surface area contributed by atoms with Crippen LogP contribution in [0.3, 0.4) is 0 Å². The van der Waals surface area contributed by atoms with Crippen molar-refractivity contribution in [1.29, 1.82) is 0 Å². The summed E-state index contributed by atoms with van der Waals surface area (Å²) in [5, 5.41) is 9.36. The number of halogens is 5. The quantitative estimate of drug-likeness (QED) is 0.410. The number of benzene rings is 2. The highest BCUT2D eigenvalue weighted by molar-refractivity contribution is 5.81. The number of hydrogen-bond acceptors (Lipinski definition) is 2. The summed E-state index contributed by atoms with van der Waals surface area (Å²) in [5.74, 6) is -2.01. The summed E-state index contributed by atoms with van der Waals surface area (Å²) in [6, 6.07) is 10.0. The van der Waals surface area contributed by atoms with E-state index in [4.69, 9.17) is 0 Å². The lowest BCUT2D eigenvalue weighted by molar-refractivity contribution is -0.228. The zero-order valence-electron chi connectivity index (χ0n) is 22.6. The first-order chi connectivity index (χ1) is 18.8. The minimum absolute atomic E-state index is 0.00450. The molecule has 2 fully saturated rings. The summed E-state index contributed by atoms with van der Waals surface area (Å²) in [6.45, 7) is 3.02. The molecule has 0 bridgehead atoms. The number of fused-ring (bicyclic) bond motifs is 3. The van der Waals surface area contributed by atoms with E-state index < -0.39 is 34.7 Å². The average Bonchev–Trinajstić information content (AvgIpc) is 3.20. The molecule has 1 amide bonds. The first-order valence-corrected chi connectivity index (χ1v) is 13.9. The molecular weight excluding hydrogens is 529 g/mol. The largest absolute Gasteiger partial charge is 0.481 e. The Labute approximate surface area is 230 Å². The van der Waals surface area contributed by atoms with E-state index >= 15 is 0 Å². The number of hydrogen-bond donors (Lipinski definition) is 1. The molecule has 2 aromatic carbocycles. The van der Waals surface area contributed by atoms with Crippen molar-refractivity contribution in [2.45, 2.75) is 82.1 Å². The van der Waals surface area contributed by atoms with Crippen LogP contribution in [0, 0.1) is 23.6 Å². The van der Waals surface area contributed by atoms with Crippen LogP contribution in [-0.2, 0) is 33.5 Å². The minimum atomic E-state index is -5.06. The predicted molar refractivity (Wildman–Crippen MR) is 139 cm³/mol. The van der Waals surface area contributed by atoms with Crippen LogP contribution in [0.25, 0.3) is 0 Å². The van der Waals surface area contributed by atoms with Crippen molar-refractivity contribution in [3.05, 3.63) is 70.5 Å². The predicted octanol–water partition coefficient (Wildman–Crippen LogP) is 6.74. The second-order valence-corrected chi connectivity index (χ2v) is 12.0. The Balaban J connectivity index is 1.53. The third kappa shape index (κ3) is 4.69. The zero-order chi connectivity index (χ0) is 29.0. The molecule has 216 valence electrons. The lowest BCUT2D eigenvalue weighted by atomic mass is 9.60. The molecule has 1 N–H and O–H groups in total. The van der Waals surface area contributed by atoms with Gasteiger partial charge in [0.05, 0.1) is 5.92 Å². The van der Waals surface area contributed by atoms with Gasteiger partial charge < -0.3 is 10.0 Å². The van der Waals surface area contributed by atoms with Crippen LogP contribution in [0.1, 0.15) is 68.2 Å². The minimum Gasteiger partial charge on any atom is -0.481 e. The average molecular weight is 564 g/mol. The summed E-state index contributed by atoms with van der Waals surface area (Å²) in [6.07, 6.45) is -1.79. The van der Waals surface area contributed by atoms with E-state index in [2.05, 4.69) is 0 Å². The second-order valence-electron chi connectivity index (χ2n) is 12.0. The number of carboxylic acid groups (broad SMARTS) is 1. The fourth-order valence-corrected chi connectivity index (χ4v) is 7.45. The van der Waals surface area contributed by atoms with E-state index in [1.54, 1.807) is 18.2 Å². The number of rotatable bonds is 5. The van der Waals surface area contributed by atoms with Gasteiger partial charge in [-0.25, -0.2) is 8.78 Å². The number of carbonyl (C=O) groups excluding carboxylic acids is 1. The summed E-state index contributed by atoms with van der Waals surface area (Å²) >= 11 is 0. The second kappa shape index (κ2) is 10.1. The van der Waals surface area contributed by atoms with Gasteiger partial charge >= 0.3 is 12.1 Å². The maximum Gasteiger partial charge on any atom is 0.426 e. The van der Waals surface area contributed by atoms with Crippen molar-refractivity contribution in [2.75, 3.05) is 6.54 Å². The van der Waals surface area contributed by atoms with E-state index in [1.165, 1.54) is 24.3 Å². The standard InChI is InChI=1S/C31H34F5NO3/c1-18-17-37(27(38)20-5-7-21(8-6-20)28(39)40)26-14-9-22-15-23(29(2,33)31(34,35)36)10-13-25(22)30(18,26)16-19-3-11-24(32)12-4-19/h3-4,10-13,15,18,20-21,26H,5-9,14,16-17H2,1-2H3,(H,39,40)/t18-,20-,21-,26?,29?,30?/m0/s1. The van der Waals surface area contributed by atoms with Gasteiger partial charge in [-0.1, -0.05) is 37.3 Å². The van der Waals surface area contributed by atoms with Crippen molar-refractivity contribution < 1.29 is 36.6 Å². The van der Waals surface area contributed by atoms with Gasteiger partial charge in [-0.05, 0) is 92.2 Å². The maximum atomic E-state index is 14.9. The molecule has 2 aromatic rings. The number of nitrogens with zero attached hydrogens (tertiary/aromatic N) is 1. The van der Waals surface area contributed by atoms with Gasteiger partial charge in [-0.3, -0.25) is 9.59 Å². The van der Waals surface area contributed by atoms with Crippen LogP contribution in [0.2, 0.25) is 0 Å². The van der Waals surface area contributed by atoms with Crippen molar-refractivity contribution >= 4 is 11.9 Å².